The van der Waals surface area contributed by atoms with E-state index in [0.29, 0.717) is 17.8 Å². The predicted molar refractivity (Wildman–Crippen MR) is 100 cm³/mol. The molecule has 0 unspecified atom stereocenters. The smallest absolute Gasteiger partial charge is 0.254 e. The molecular weight excluding hydrogens is 310 g/mol. The Kier molecular flexibility index (Phi) is 4.38. The Labute approximate surface area is 151 Å². The molecule has 0 fully saturated rings. The molecule has 2 amide bonds. The number of hydrogen-bond donors (Lipinski definition) is 0. The van der Waals surface area contributed by atoms with Crippen molar-refractivity contribution in [2.24, 2.45) is 17.3 Å². The zero-order valence-corrected chi connectivity index (χ0v) is 16.2. The topological polar surface area (TPSA) is 37.4 Å². The van der Waals surface area contributed by atoms with Gasteiger partial charge >= 0.3 is 0 Å². The molecule has 1 aromatic rings. The van der Waals surface area contributed by atoms with Gasteiger partial charge in [0.25, 0.3) is 11.8 Å². The van der Waals surface area contributed by atoms with E-state index in [9.17, 15) is 9.59 Å². The summed E-state index contributed by atoms with van der Waals surface area (Å²) in [6.07, 6.45) is 3.74. The lowest BCUT2D eigenvalue weighted by Crippen LogP contribution is -2.47. The van der Waals surface area contributed by atoms with Crippen LogP contribution in [0, 0.1) is 17.3 Å². The van der Waals surface area contributed by atoms with Crippen molar-refractivity contribution in [3.8, 4) is 0 Å². The number of hydrogen-bond acceptors (Lipinski definition) is 2. The molecule has 1 atom stereocenters. The van der Waals surface area contributed by atoms with Crippen LogP contribution >= 0.6 is 0 Å². The third-order valence-corrected chi connectivity index (χ3v) is 6.39. The maximum absolute atomic E-state index is 12.5. The number of nitrogens with zero attached hydrogens (tertiary/aromatic N) is 1. The monoisotopic (exact) mass is 339 g/mol. The molecule has 25 heavy (non-hydrogen) atoms. The van der Waals surface area contributed by atoms with E-state index >= 15 is 0 Å². The van der Waals surface area contributed by atoms with Crippen molar-refractivity contribution in [3.05, 3.63) is 47.0 Å². The van der Waals surface area contributed by atoms with E-state index in [-0.39, 0.29) is 23.3 Å². The van der Waals surface area contributed by atoms with Crippen LogP contribution in [0.2, 0.25) is 0 Å². The van der Waals surface area contributed by atoms with Crippen LogP contribution in [0.3, 0.4) is 0 Å². The van der Waals surface area contributed by atoms with Gasteiger partial charge in [0.1, 0.15) is 0 Å². The average Bonchev–Trinajstić information content (AvgIpc) is 3.04. The minimum atomic E-state index is -0.182. The lowest BCUT2D eigenvalue weighted by molar-refractivity contribution is -0.145. The third kappa shape index (κ3) is 2.56. The van der Waals surface area contributed by atoms with Gasteiger partial charge in [-0.25, -0.2) is 0 Å². The van der Waals surface area contributed by atoms with Crippen molar-refractivity contribution in [1.82, 2.24) is 4.90 Å². The molecule has 0 radical (unpaired) electrons. The molecule has 0 bridgehead atoms. The Morgan fingerprint density at radius 3 is 2.00 bits per heavy atom. The highest BCUT2D eigenvalue weighted by Crippen LogP contribution is 2.58. The van der Waals surface area contributed by atoms with E-state index in [1.807, 2.05) is 0 Å². The highest BCUT2D eigenvalue weighted by Gasteiger charge is 2.55. The SMILES string of the molecule is CC(C)c1ccc2c(c1)CC(C(C)C)(C(C)C)[C@@H]2N1C(=O)C=CC1=O. The van der Waals surface area contributed by atoms with Gasteiger partial charge in [0.2, 0.25) is 0 Å². The van der Waals surface area contributed by atoms with Crippen LogP contribution in [0.1, 0.15) is 70.2 Å². The average molecular weight is 339 g/mol. The molecule has 134 valence electrons. The van der Waals surface area contributed by atoms with Gasteiger partial charge in [-0.15, -0.1) is 0 Å². The number of carbonyl (C=O) groups excluding carboxylic acids is 2. The molecule has 0 spiro atoms. The predicted octanol–water partition coefficient (Wildman–Crippen LogP) is 4.63. The molecule has 2 aliphatic rings. The van der Waals surface area contributed by atoms with Gasteiger partial charge in [-0.3, -0.25) is 14.5 Å². The Hall–Kier alpha value is -1.90. The quantitative estimate of drug-likeness (QED) is 0.750. The molecule has 0 saturated heterocycles. The Balaban J connectivity index is 2.20. The van der Waals surface area contributed by atoms with Crippen molar-refractivity contribution < 1.29 is 9.59 Å². The fourth-order valence-corrected chi connectivity index (χ4v) is 4.87. The summed E-state index contributed by atoms with van der Waals surface area (Å²) in [5, 5.41) is 0. The van der Waals surface area contributed by atoms with Gasteiger partial charge in [0.05, 0.1) is 6.04 Å². The van der Waals surface area contributed by atoms with Crippen molar-refractivity contribution in [3.63, 3.8) is 0 Å². The van der Waals surface area contributed by atoms with Gasteiger partial charge in [0.15, 0.2) is 0 Å². The number of fused-ring (bicyclic) bond motifs is 1. The van der Waals surface area contributed by atoms with Crippen molar-refractivity contribution in [2.45, 2.75) is 59.9 Å². The largest absolute Gasteiger partial charge is 0.269 e. The zero-order chi connectivity index (χ0) is 18.5. The molecule has 0 aromatic heterocycles. The Morgan fingerprint density at radius 2 is 1.52 bits per heavy atom. The first-order valence-corrected chi connectivity index (χ1v) is 9.38. The maximum atomic E-state index is 12.5. The first kappa shape index (κ1) is 17.9. The zero-order valence-electron chi connectivity index (χ0n) is 16.2. The minimum absolute atomic E-state index is 0.130. The molecule has 1 heterocycles. The molecule has 0 saturated carbocycles. The lowest BCUT2D eigenvalue weighted by Gasteiger charge is -2.46. The molecular formula is C22H29NO2. The first-order chi connectivity index (χ1) is 11.7. The molecule has 1 aromatic carbocycles. The lowest BCUT2D eigenvalue weighted by atomic mass is 9.64. The number of benzene rings is 1. The van der Waals surface area contributed by atoms with E-state index < -0.39 is 0 Å². The van der Waals surface area contributed by atoms with Crippen LogP contribution in [0.5, 0.6) is 0 Å². The second-order valence-electron chi connectivity index (χ2n) is 8.49. The fourth-order valence-electron chi connectivity index (χ4n) is 4.87. The summed E-state index contributed by atoms with van der Waals surface area (Å²) >= 11 is 0. The molecule has 3 rings (SSSR count). The highest BCUT2D eigenvalue weighted by molar-refractivity contribution is 6.13. The molecule has 3 nitrogen and oxygen atoms in total. The molecule has 1 aliphatic carbocycles. The van der Waals surface area contributed by atoms with Crippen LogP contribution < -0.4 is 0 Å². The summed E-state index contributed by atoms with van der Waals surface area (Å²) in [6, 6.07) is 6.42. The summed E-state index contributed by atoms with van der Waals surface area (Å²) in [4.78, 5) is 26.5. The Bertz CT molecular complexity index is 716. The standard InChI is InChI=1S/C22H29NO2/c1-13(2)16-7-8-18-17(11-16)12-22(14(3)4,15(5)6)21(18)23-19(24)9-10-20(23)25/h7-11,13-15,21H,12H2,1-6H3/t21-/m1/s1. The van der Waals surface area contributed by atoms with Crippen molar-refractivity contribution in [1.29, 1.82) is 0 Å². The number of imide groups is 1. The van der Waals surface area contributed by atoms with E-state index in [4.69, 9.17) is 0 Å². The van der Waals surface area contributed by atoms with Gasteiger partial charge in [-0.1, -0.05) is 59.7 Å². The van der Waals surface area contributed by atoms with Crippen LogP contribution in [0.25, 0.3) is 0 Å². The number of rotatable bonds is 4. The van der Waals surface area contributed by atoms with Crippen LogP contribution in [-0.4, -0.2) is 16.7 Å². The second kappa shape index (κ2) is 6.12. The van der Waals surface area contributed by atoms with Crippen molar-refractivity contribution >= 4 is 11.8 Å². The number of amides is 2. The van der Waals surface area contributed by atoms with E-state index in [1.54, 1.807) is 0 Å². The van der Waals surface area contributed by atoms with Gasteiger partial charge in [-0.2, -0.15) is 0 Å². The van der Waals surface area contributed by atoms with E-state index in [1.165, 1.54) is 28.2 Å². The van der Waals surface area contributed by atoms with E-state index in [0.717, 1.165) is 12.0 Å². The normalized spacial score (nSPS) is 22.0. The van der Waals surface area contributed by atoms with E-state index in [2.05, 4.69) is 59.7 Å². The molecule has 1 aliphatic heterocycles. The number of carbonyl (C=O) groups is 2. The minimum Gasteiger partial charge on any atom is -0.269 e. The second-order valence-corrected chi connectivity index (χ2v) is 8.49. The highest BCUT2D eigenvalue weighted by atomic mass is 16.2. The summed E-state index contributed by atoms with van der Waals surface area (Å²) in [6.45, 7) is 13.3. The van der Waals surface area contributed by atoms with Crippen LogP contribution in [0.4, 0.5) is 0 Å². The van der Waals surface area contributed by atoms with Gasteiger partial charge in [0, 0.05) is 17.6 Å². The molecule has 0 N–H and O–H groups in total. The fraction of sp³-hybridized carbons (Fsp3) is 0.545. The van der Waals surface area contributed by atoms with Crippen molar-refractivity contribution in [2.75, 3.05) is 0 Å². The van der Waals surface area contributed by atoms with Crippen LogP contribution in [-0.2, 0) is 16.0 Å². The summed E-state index contributed by atoms with van der Waals surface area (Å²) in [7, 11) is 0. The van der Waals surface area contributed by atoms with Gasteiger partial charge in [-0.05, 0) is 40.9 Å². The third-order valence-electron chi connectivity index (χ3n) is 6.39. The van der Waals surface area contributed by atoms with Gasteiger partial charge < -0.3 is 0 Å². The summed E-state index contributed by atoms with van der Waals surface area (Å²) in [5.41, 5.74) is 3.64. The Morgan fingerprint density at radius 1 is 0.960 bits per heavy atom. The first-order valence-electron chi connectivity index (χ1n) is 9.38. The summed E-state index contributed by atoms with van der Waals surface area (Å²) in [5.74, 6) is 0.818. The summed E-state index contributed by atoms with van der Waals surface area (Å²) < 4.78 is 0. The maximum Gasteiger partial charge on any atom is 0.254 e. The molecule has 3 heteroatoms. The van der Waals surface area contributed by atoms with Crippen LogP contribution in [0.15, 0.2) is 30.4 Å².